The lowest BCUT2D eigenvalue weighted by Gasteiger charge is -2.17. The molecule has 7 nitrogen and oxygen atoms in total. The van der Waals surface area contributed by atoms with Gasteiger partial charge >= 0.3 is 0 Å². The summed E-state index contributed by atoms with van der Waals surface area (Å²) in [5.41, 5.74) is 1.77. The number of methoxy groups -OCH3 is 2. The summed E-state index contributed by atoms with van der Waals surface area (Å²) in [6, 6.07) is 17.3. The molecule has 0 spiro atoms. The summed E-state index contributed by atoms with van der Waals surface area (Å²) in [6.07, 6.45) is 1.44. The predicted octanol–water partition coefficient (Wildman–Crippen LogP) is 3.63. The predicted molar refractivity (Wildman–Crippen MR) is 111 cm³/mol. The first-order valence-electron chi connectivity index (χ1n) is 8.86. The summed E-state index contributed by atoms with van der Waals surface area (Å²) in [6.45, 7) is 0. The molecule has 3 aromatic rings. The Morgan fingerprint density at radius 3 is 2.34 bits per heavy atom. The normalized spacial score (nSPS) is 10.2. The van der Waals surface area contributed by atoms with E-state index < -0.39 is 0 Å². The third-order valence-corrected chi connectivity index (χ3v) is 4.33. The van der Waals surface area contributed by atoms with Gasteiger partial charge in [-0.15, -0.1) is 0 Å². The molecule has 29 heavy (non-hydrogen) atoms. The Balaban J connectivity index is 1.78. The topological polar surface area (TPSA) is 80.8 Å². The number of carbonyl (C=O) groups excluding carboxylic acids is 2. The number of benzene rings is 2. The lowest BCUT2D eigenvalue weighted by Crippen LogP contribution is -2.27. The Morgan fingerprint density at radius 2 is 1.66 bits per heavy atom. The van der Waals surface area contributed by atoms with E-state index in [9.17, 15) is 9.59 Å². The molecule has 0 aliphatic rings. The molecule has 0 saturated heterocycles. The molecule has 1 aromatic heterocycles. The van der Waals surface area contributed by atoms with Crippen molar-refractivity contribution in [2.75, 3.05) is 31.5 Å². The van der Waals surface area contributed by atoms with Crippen LogP contribution in [0.4, 0.5) is 11.4 Å². The molecular weight excluding hydrogens is 370 g/mol. The van der Waals surface area contributed by atoms with Crippen LogP contribution in [0.1, 0.15) is 20.8 Å². The van der Waals surface area contributed by atoms with Gasteiger partial charge in [0, 0.05) is 36.2 Å². The van der Waals surface area contributed by atoms with Gasteiger partial charge in [-0.3, -0.25) is 14.6 Å². The Morgan fingerprint density at radius 1 is 0.931 bits per heavy atom. The van der Waals surface area contributed by atoms with Crippen LogP contribution in [0, 0.1) is 0 Å². The van der Waals surface area contributed by atoms with Crippen molar-refractivity contribution in [2.45, 2.75) is 0 Å². The van der Waals surface area contributed by atoms with Crippen molar-refractivity contribution in [3.05, 3.63) is 78.1 Å². The van der Waals surface area contributed by atoms with Gasteiger partial charge in [-0.2, -0.15) is 0 Å². The minimum atomic E-state index is -0.365. The number of aromatic nitrogens is 1. The van der Waals surface area contributed by atoms with E-state index in [1.165, 1.54) is 31.4 Å². The minimum absolute atomic E-state index is 0.177. The molecule has 0 aliphatic heterocycles. The van der Waals surface area contributed by atoms with Crippen molar-refractivity contribution in [1.82, 2.24) is 4.98 Å². The molecule has 7 heteroatoms. The van der Waals surface area contributed by atoms with E-state index >= 15 is 0 Å². The van der Waals surface area contributed by atoms with Crippen LogP contribution >= 0.6 is 0 Å². The number of amides is 2. The van der Waals surface area contributed by atoms with Crippen LogP contribution in [0.15, 0.2) is 66.9 Å². The molecule has 0 unspecified atom stereocenters. The summed E-state index contributed by atoms with van der Waals surface area (Å²) < 4.78 is 10.4. The molecule has 2 aromatic carbocycles. The maximum Gasteiger partial charge on any atom is 0.276 e. The number of rotatable bonds is 6. The van der Waals surface area contributed by atoms with Gasteiger partial charge in [0.1, 0.15) is 5.69 Å². The van der Waals surface area contributed by atoms with E-state index in [1.807, 2.05) is 30.3 Å². The van der Waals surface area contributed by atoms with Gasteiger partial charge in [-0.1, -0.05) is 18.2 Å². The van der Waals surface area contributed by atoms with E-state index in [2.05, 4.69) is 10.3 Å². The fourth-order valence-corrected chi connectivity index (χ4v) is 2.75. The van der Waals surface area contributed by atoms with E-state index in [4.69, 9.17) is 9.47 Å². The maximum atomic E-state index is 12.7. The fraction of sp³-hybridized carbons (Fsp3) is 0.136. The molecule has 1 heterocycles. The molecule has 0 saturated carbocycles. The van der Waals surface area contributed by atoms with Gasteiger partial charge < -0.3 is 19.7 Å². The molecule has 2 amide bonds. The van der Waals surface area contributed by atoms with Crippen molar-refractivity contribution < 1.29 is 19.1 Å². The van der Waals surface area contributed by atoms with Crippen molar-refractivity contribution in [1.29, 1.82) is 0 Å². The highest BCUT2D eigenvalue weighted by molar-refractivity contribution is 6.08. The van der Waals surface area contributed by atoms with Gasteiger partial charge in [0.25, 0.3) is 11.8 Å². The van der Waals surface area contributed by atoms with Gasteiger partial charge in [-0.05, 0) is 36.4 Å². The van der Waals surface area contributed by atoms with E-state index in [0.717, 1.165) is 5.69 Å². The third kappa shape index (κ3) is 4.52. The number of anilines is 2. The van der Waals surface area contributed by atoms with E-state index in [0.29, 0.717) is 22.7 Å². The number of para-hydroxylation sites is 1. The standard InChI is InChI=1S/C22H21N3O4/c1-25(17-7-5-4-6-8-17)22(27)18-13-15(11-12-23-18)21(26)24-16-9-10-19(28-2)20(14-16)29-3/h4-14H,1-3H3,(H,24,26). The van der Waals surface area contributed by atoms with Crippen LogP contribution < -0.4 is 19.7 Å². The summed E-state index contributed by atoms with van der Waals surface area (Å²) in [7, 11) is 4.72. The van der Waals surface area contributed by atoms with Gasteiger partial charge in [-0.25, -0.2) is 0 Å². The minimum Gasteiger partial charge on any atom is -0.493 e. The lowest BCUT2D eigenvalue weighted by atomic mass is 10.2. The third-order valence-electron chi connectivity index (χ3n) is 4.33. The molecule has 3 rings (SSSR count). The highest BCUT2D eigenvalue weighted by atomic mass is 16.5. The average Bonchev–Trinajstić information content (AvgIpc) is 2.78. The lowest BCUT2D eigenvalue weighted by molar-refractivity contribution is 0.0988. The zero-order valence-corrected chi connectivity index (χ0v) is 16.4. The van der Waals surface area contributed by atoms with Crippen molar-refractivity contribution in [3.8, 4) is 11.5 Å². The quantitative estimate of drug-likeness (QED) is 0.694. The second-order valence-corrected chi connectivity index (χ2v) is 6.15. The Hall–Kier alpha value is -3.87. The number of nitrogens with one attached hydrogen (secondary N) is 1. The molecular formula is C22H21N3O4. The first kappa shape index (κ1) is 19.9. The SMILES string of the molecule is COc1ccc(NC(=O)c2ccnc(C(=O)N(C)c3ccccc3)c2)cc1OC. The first-order chi connectivity index (χ1) is 14.0. The van der Waals surface area contributed by atoms with Crippen LogP contribution in [-0.2, 0) is 0 Å². The highest BCUT2D eigenvalue weighted by Crippen LogP contribution is 2.30. The summed E-state index contributed by atoms with van der Waals surface area (Å²) in [5, 5.41) is 2.78. The molecule has 0 bridgehead atoms. The average molecular weight is 391 g/mol. The Labute approximate surface area is 168 Å². The van der Waals surface area contributed by atoms with Crippen LogP contribution in [0.3, 0.4) is 0 Å². The molecule has 0 aliphatic carbocycles. The monoisotopic (exact) mass is 391 g/mol. The van der Waals surface area contributed by atoms with E-state index in [1.54, 1.807) is 31.3 Å². The summed E-state index contributed by atoms with van der Waals surface area (Å²) in [5.74, 6) is 0.389. The second-order valence-electron chi connectivity index (χ2n) is 6.15. The number of carbonyl (C=O) groups is 2. The Bertz CT molecular complexity index is 1020. The fourth-order valence-electron chi connectivity index (χ4n) is 2.75. The van der Waals surface area contributed by atoms with Crippen molar-refractivity contribution in [2.24, 2.45) is 0 Å². The van der Waals surface area contributed by atoms with Gasteiger partial charge in [0.2, 0.25) is 0 Å². The highest BCUT2D eigenvalue weighted by Gasteiger charge is 2.17. The zero-order valence-electron chi connectivity index (χ0n) is 16.4. The summed E-state index contributed by atoms with van der Waals surface area (Å²) >= 11 is 0. The van der Waals surface area contributed by atoms with Crippen LogP contribution in [0.2, 0.25) is 0 Å². The number of ether oxygens (including phenoxy) is 2. The van der Waals surface area contributed by atoms with Crippen molar-refractivity contribution >= 4 is 23.2 Å². The number of hydrogen-bond acceptors (Lipinski definition) is 5. The Kier molecular flexibility index (Phi) is 6.09. The van der Waals surface area contributed by atoms with Crippen molar-refractivity contribution in [3.63, 3.8) is 0 Å². The first-order valence-corrected chi connectivity index (χ1v) is 8.86. The largest absolute Gasteiger partial charge is 0.493 e. The molecule has 0 atom stereocenters. The van der Waals surface area contributed by atoms with E-state index in [-0.39, 0.29) is 17.5 Å². The zero-order chi connectivity index (χ0) is 20.8. The van der Waals surface area contributed by atoms with Gasteiger partial charge in [0.15, 0.2) is 11.5 Å². The molecule has 0 fully saturated rings. The number of pyridine rings is 1. The smallest absolute Gasteiger partial charge is 0.276 e. The molecule has 0 radical (unpaired) electrons. The van der Waals surface area contributed by atoms with Crippen LogP contribution in [-0.4, -0.2) is 38.1 Å². The second kappa shape index (κ2) is 8.88. The van der Waals surface area contributed by atoms with Gasteiger partial charge in [0.05, 0.1) is 14.2 Å². The molecule has 148 valence electrons. The number of nitrogens with zero attached hydrogens (tertiary/aromatic N) is 2. The maximum absolute atomic E-state index is 12.7. The summed E-state index contributed by atoms with van der Waals surface area (Å²) in [4.78, 5) is 31.0. The number of hydrogen-bond donors (Lipinski definition) is 1. The van der Waals surface area contributed by atoms with Crippen LogP contribution in [0.25, 0.3) is 0 Å². The van der Waals surface area contributed by atoms with Crippen LogP contribution in [0.5, 0.6) is 11.5 Å². The molecule has 1 N–H and O–H groups in total.